The molecule has 0 saturated carbocycles. The summed E-state index contributed by atoms with van der Waals surface area (Å²) in [6.45, 7) is 4.14. The molecule has 2 aromatic rings. The topological polar surface area (TPSA) is 64.9 Å². The molecule has 17 heavy (non-hydrogen) atoms. The van der Waals surface area contributed by atoms with Gasteiger partial charge in [-0.2, -0.15) is 4.98 Å². The molecule has 5 heteroatoms. The van der Waals surface area contributed by atoms with Gasteiger partial charge < -0.3 is 10.3 Å². The SMILES string of the molecule is CCC(C)c1noc(-c2ccc(Cl)cc2N)n1. The van der Waals surface area contributed by atoms with Gasteiger partial charge >= 0.3 is 0 Å². The molecule has 2 N–H and O–H groups in total. The quantitative estimate of drug-likeness (QED) is 0.848. The minimum absolute atomic E-state index is 0.279. The van der Waals surface area contributed by atoms with Gasteiger partial charge in [0, 0.05) is 16.6 Å². The average Bonchev–Trinajstić information content (AvgIpc) is 2.77. The van der Waals surface area contributed by atoms with Crippen LogP contribution < -0.4 is 5.73 Å². The van der Waals surface area contributed by atoms with E-state index in [9.17, 15) is 0 Å². The molecule has 1 heterocycles. The van der Waals surface area contributed by atoms with Gasteiger partial charge in [0.1, 0.15) is 0 Å². The van der Waals surface area contributed by atoms with Crippen LogP contribution in [-0.4, -0.2) is 10.1 Å². The number of nitrogens with two attached hydrogens (primary N) is 1. The second-order valence-electron chi connectivity index (χ2n) is 4.00. The Hall–Kier alpha value is -1.55. The van der Waals surface area contributed by atoms with E-state index in [1.165, 1.54) is 0 Å². The summed E-state index contributed by atoms with van der Waals surface area (Å²) in [6, 6.07) is 5.20. The predicted molar refractivity (Wildman–Crippen MR) is 67.9 cm³/mol. The summed E-state index contributed by atoms with van der Waals surface area (Å²) < 4.78 is 5.21. The van der Waals surface area contributed by atoms with Crippen molar-refractivity contribution >= 4 is 17.3 Å². The fourth-order valence-electron chi connectivity index (χ4n) is 1.46. The van der Waals surface area contributed by atoms with Crippen molar-refractivity contribution < 1.29 is 4.52 Å². The number of anilines is 1. The number of aromatic nitrogens is 2. The van der Waals surface area contributed by atoms with Crippen LogP contribution in [0, 0.1) is 0 Å². The Kier molecular flexibility index (Phi) is 3.33. The molecule has 0 spiro atoms. The maximum Gasteiger partial charge on any atom is 0.260 e. The third-order valence-corrected chi connectivity index (χ3v) is 2.97. The van der Waals surface area contributed by atoms with Crippen LogP contribution in [0.5, 0.6) is 0 Å². The van der Waals surface area contributed by atoms with Crippen LogP contribution in [-0.2, 0) is 0 Å². The normalized spacial score (nSPS) is 12.6. The van der Waals surface area contributed by atoms with Crippen molar-refractivity contribution in [2.75, 3.05) is 5.73 Å². The molecule has 1 aromatic carbocycles. The van der Waals surface area contributed by atoms with Crippen LogP contribution in [0.15, 0.2) is 22.7 Å². The van der Waals surface area contributed by atoms with Crippen molar-refractivity contribution in [1.82, 2.24) is 10.1 Å². The minimum Gasteiger partial charge on any atom is -0.398 e. The first-order chi connectivity index (χ1) is 8.11. The molecule has 1 unspecified atom stereocenters. The monoisotopic (exact) mass is 251 g/mol. The highest BCUT2D eigenvalue weighted by Crippen LogP contribution is 2.28. The van der Waals surface area contributed by atoms with Crippen LogP contribution in [0.3, 0.4) is 0 Å². The van der Waals surface area contributed by atoms with E-state index < -0.39 is 0 Å². The lowest BCUT2D eigenvalue weighted by atomic mass is 10.1. The van der Waals surface area contributed by atoms with Gasteiger partial charge in [-0.1, -0.05) is 30.6 Å². The van der Waals surface area contributed by atoms with Crippen molar-refractivity contribution in [3.05, 3.63) is 29.0 Å². The van der Waals surface area contributed by atoms with E-state index in [1.807, 2.05) is 0 Å². The number of halogens is 1. The van der Waals surface area contributed by atoms with Gasteiger partial charge in [-0.3, -0.25) is 0 Å². The summed E-state index contributed by atoms with van der Waals surface area (Å²) in [6.07, 6.45) is 0.967. The zero-order chi connectivity index (χ0) is 12.4. The summed E-state index contributed by atoms with van der Waals surface area (Å²) in [5.74, 6) is 1.42. The fourth-order valence-corrected chi connectivity index (χ4v) is 1.64. The maximum absolute atomic E-state index is 5.86. The van der Waals surface area contributed by atoms with Crippen molar-refractivity contribution in [3.8, 4) is 11.5 Å². The summed E-state index contributed by atoms with van der Waals surface area (Å²) in [7, 11) is 0. The second kappa shape index (κ2) is 4.75. The van der Waals surface area contributed by atoms with Gasteiger partial charge in [-0.15, -0.1) is 0 Å². The number of nitrogens with zero attached hydrogens (tertiary/aromatic N) is 2. The first-order valence-electron chi connectivity index (χ1n) is 5.50. The van der Waals surface area contributed by atoms with Gasteiger partial charge in [0.2, 0.25) is 0 Å². The zero-order valence-electron chi connectivity index (χ0n) is 9.77. The van der Waals surface area contributed by atoms with E-state index >= 15 is 0 Å². The fraction of sp³-hybridized carbons (Fsp3) is 0.333. The number of rotatable bonds is 3. The molecule has 0 amide bonds. The van der Waals surface area contributed by atoms with Gasteiger partial charge in [0.05, 0.1) is 5.56 Å². The molecule has 0 saturated heterocycles. The molecule has 0 fully saturated rings. The molecule has 1 atom stereocenters. The van der Waals surface area contributed by atoms with E-state index in [0.717, 1.165) is 12.0 Å². The predicted octanol–water partition coefficient (Wildman–Crippen LogP) is 3.49. The maximum atomic E-state index is 5.86. The lowest BCUT2D eigenvalue weighted by Crippen LogP contribution is -1.94. The molecule has 0 radical (unpaired) electrons. The van der Waals surface area contributed by atoms with Gasteiger partial charge in [0.15, 0.2) is 5.82 Å². The summed E-state index contributed by atoms with van der Waals surface area (Å²) in [5, 5.41) is 4.54. The molecule has 4 nitrogen and oxygen atoms in total. The van der Waals surface area contributed by atoms with Crippen molar-refractivity contribution in [2.45, 2.75) is 26.2 Å². The number of benzene rings is 1. The van der Waals surface area contributed by atoms with Crippen LogP contribution in [0.1, 0.15) is 32.0 Å². The van der Waals surface area contributed by atoms with Crippen LogP contribution >= 0.6 is 11.6 Å². The van der Waals surface area contributed by atoms with Crippen molar-refractivity contribution in [3.63, 3.8) is 0 Å². The van der Waals surface area contributed by atoms with Crippen LogP contribution in [0.4, 0.5) is 5.69 Å². The Morgan fingerprint density at radius 2 is 2.24 bits per heavy atom. The lowest BCUT2D eigenvalue weighted by molar-refractivity contribution is 0.416. The van der Waals surface area contributed by atoms with E-state index in [-0.39, 0.29) is 5.92 Å². The van der Waals surface area contributed by atoms with Crippen LogP contribution in [0.25, 0.3) is 11.5 Å². The Morgan fingerprint density at radius 1 is 1.47 bits per heavy atom. The van der Waals surface area contributed by atoms with E-state index in [0.29, 0.717) is 22.4 Å². The minimum atomic E-state index is 0.279. The van der Waals surface area contributed by atoms with E-state index in [1.54, 1.807) is 18.2 Å². The molecule has 1 aromatic heterocycles. The molecule has 0 aliphatic rings. The summed E-state index contributed by atoms with van der Waals surface area (Å²) in [4.78, 5) is 4.34. The van der Waals surface area contributed by atoms with Gasteiger partial charge in [0.25, 0.3) is 5.89 Å². The highest BCUT2D eigenvalue weighted by atomic mass is 35.5. The Labute approximate surface area is 105 Å². The first kappa shape index (κ1) is 11.9. The summed E-state index contributed by atoms with van der Waals surface area (Å²) in [5.41, 5.74) is 7.12. The van der Waals surface area contributed by atoms with Crippen molar-refractivity contribution in [1.29, 1.82) is 0 Å². The lowest BCUT2D eigenvalue weighted by Gasteiger charge is -2.01. The number of nitrogen functional groups attached to an aromatic ring is 1. The molecular weight excluding hydrogens is 238 g/mol. The Morgan fingerprint density at radius 3 is 2.88 bits per heavy atom. The van der Waals surface area contributed by atoms with Gasteiger partial charge in [-0.25, -0.2) is 0 Å². The second-order valence-corrected chi connectivity index (χ2v) is 4.44. The molecular formula is C12H14ClN3O. The largest absolute Gasteiger partial charge is 0.398 e. The highest BCUT2D eigenvalue weighted by molar-refractivity contribution is 6.31. The third-order valence-electron chi connectivity index (χ3n) is 2.74. The molecule has 2 rings (SSSR count). The van der Waals surface area contributed by atoms with Crippen molar-refractivity contribution in [2.24, 2.45) is 0 Å². The Bertz CT molecular complexity index is 524. The summed E-state index contributed by atoms with van der Waals surface area (Å²) >= 11 is 5.84. The molecule has 0 bridgehead atoms. The third kappa shape index (κ3) is 2.42. The Balaban J connectivity index is 2.37. The number of hydrogen-bond donors (Lipinski definition) is 1. The average molecular weight is 252 g/mol. The molecule has 0 aliphatic heterocycles. The number of hydrogen-bond acceptors (Lipinski definition) is 4. The first-order valence-corrected chi connectivity index (χ1v) is 5.88. The highest BCUT2D eigenvalue weighted by Gasteiger charge is 2.15. The standard InChI is InChI=1S/C12H14ClN3O/c1-3-7(2)11-15-12(17-16-11)9-5-4-8(13)6-10(9)14/h4-7H,3,14H2,1-2H3. The van der Waals surface area contributed by atoms with E-state index in [4.69, 9.17) is 21.9 Å². The molecule has 0 aliphatic carbocycles. The van der Waals surface area contributed by atoms with E-state index in [2.05, 4.69) is 24.0 Å². The van der Waals surface area contributed by atoms with Gasteiger partial charge in [-0.05, 0) is 24.6 Å². The zero-order valence-corrected chi connectivity index (χ0v) is 10.5. The smallest absolute Gasteiger partial charge is 0.260 e. The van der Waals surface area contributed by atoms with Crippen LogP contribution in [0.2, 0.25) is 5.02 Å². The molecule has 90 valence electrons.